The molecule has 1 N–H and O–H groups in total. The van der Waals surface area contributed by atoms with E-state index in [1.807, 2.05) is 6.07 Å². The van der Waals surface area contributed by atoms with Gasteiger partial charge in [0.1, 0.15) is 5.75 Å². The minimum atomic E-state index is -0.768. The summed E-state index contributed by atoms with van der Waals surface area (Å²) in [4.78, 5) is 31.8. The van der Waals surface area contributed by atoms with Gasteiger partial charge in [0.15, 0.2) is 16.3 Å². The monoisotopic (exact) mass is 636 g/mol. The van der Waals surface area contributed by atoms with Gasteiger partial charge in [0.25, 0.3) is 5.56 Å². The van der Waals surface area contributed by atoms with Crippen molar-refractivity contribution in [2.45, 2.75) is 19.9 Å². The molecular weight excluding hydrogens is 616 g/mol. The average molecular weight is 638 g/mol. The standard InChI is InChI=1S/C25H22Br2N2O6S/c1-5-35-24(32)20-12(2)28-25-29(21(20)13-6-7-17(33-3)16(27)9-13)23(31)19(36-25)10-14-8-15(26)11-18(34-4)22(14)30/h6-11,21,30H,5H2,1-4H3/b19-10+/t21-/m1/s1. The molecule has 0 saturated heterocycles. The molecule has 1 aromatic heterocycles. The van der Waals surface area contributed by atoms with Gasteiger partial charge in [0.2, 0.25) is 0 Å². The lowest BCUT2D eigenvalue weighted by Crippen LogP contribution is -2.40. The maximum atomic E-state index is 13.7. The van der Waals surface area contributed by atoms with Crippen LogP contribution >= 0.6 is 43.2 Å². The van der Waals surface area contributed by atoms with Crippen molar-refractivity contribution in [1.29, 1.82) is 0 Å². The number of esters is 1. The minimum Gasteiger partial charge on any atom is -0.504 e. The molecule has 0 saturated carbocycles. The number of fused-ring (bicyclic) bond motifs is 1. The quantitative estimate of drug-likeness (QED) is 0.410. The van der Waals surface area contributed by atoms with E-state index in [2.05, 4.69) is 36.9 Å². The number of nitrogens with zero attached hydrogens (tertiary/aromatic N) is 2. The van der Waals surface area contributed by atoms with Crippen LogP contribution in [0.25, 0.3) is 6.08 Å². The lowest BCUT2D eigenvalue weighted by molar-refractivity contribution is -0.139. The van der Waals surface area contributed by atoms with Crippen LogP contribution < -0.4 is 24.4 Å². The van der Waals surface area contributed by atoms with Crippen molar-refractivity contribution in [3.8, 4) is 17.2 Å². The molecular formula is C25H22Br2N2O6S. The van der Waals surface area contributed by atoms with E-state index >= 15 is 0 Å². The fourth-order valence-electron chi connectivity index (χ4n) is 3.96. The van der Waals surface area contributed by atoms with Crippen molar-refractivity contribution in [3.63, 3.8) is 0 Å². The van der Waals surface area contributed by atoms with Crippen LogP contribution in [0.15, 0.2) is 60.3 Å². The first-order valence-electron chi connectivity index (χ1n) is 10.8. The number of hydrogen-bond acceptors (Lipinski definition) is 8. The second-order valence-electron chi connectivity index (χ2n) is 7.74. The zero-order chi connectivity index (χ0) is 26.1. The number of halogens is 2. The second-order valence-corrected chi connectivity index (χ2v) is 10.5. The van der Waals surface area contributed by atoms with Crippen molar-refractivity contribution in [2.24, 2.45) is 4.99 Å². The molecule has 0 amide bonds. The smallest absolute Gasteiger partial charge is 0.338 e. The minimum absolute atomic E-state index is 0.0921. The Bertz CT molecular complexity index is 1570. The summed E-state index contributed by atoms with van der Waals surface area (Å²) in [7, 11) is 3.01. The molecule has 1 aliphatic rings. The average Bonchev–Trinajstić information content (AvgIpc) is 3.14. The van der Waals surface area contributed by atoms with Gasteiger partial charge in [-0.15, -0.1) is 0 Å². The summed E-state index contributed by atoms with van der Waals surface area (Å²) in [5.74, 6) is 0.248. The molecule has 0 fully saturated rings. The lowest BCUT2D eigenvalue weighted by Gasteiger charge is -2.25. The van der Waals surface area contributed by atoms with Crippen LogP contribution in [-0.2, 0) is 9.53 Å². The number of phenolic OH excluding ortho intramolecular Hbond substituents is 1. The molecule has 1 aliphatic heterocycles. The zero-order valence-electron chi connectivity index (χ0n) is 19.8. The van der Waals surface area contributed by atoms with Gasteiger partial charge in [0, 0.05) is 10.0 Å². The fourth-order valence-corrected chi connectivity index (χ4v) is 6.01. The molecule has 3 aromatic rings. The van der Waals surface area contributed by atoms with E-state index in [1.165, 1.54) is 11.7 Å². The lowest BCUT2D eigenvalue weighted by atomic mass is 9.96. The Morgan fingerprint density at radius 1 is 1.19 bits per heavy atom. The molecule has 1 atom stereocenters. The topological polar surface area (TPSA) is 99.4 Å². The number of phenols is 1. The van der Waals surface area contributed by atoms with Crippen LogP contribution in [0.2, 0.25) is 0 Å². The van der Waals surface area contributed by atoms with Gasteiger partial charge in [-0.2, -0.15) is 0 Å². The van der Waals surface area contributed by atoms with Crippen LogP contribution in [-0.4, -0.2) is 36.5 Å². The Morgan fingerprint density at radius 2 is 1.92 bits per heavy atom. The highest BCUT2D eigenvalue weighted by Gasteiger charge is 2.33. The fraction of sp³-hybridized carbons (Fsp3) is 0.240. The van der Waals surface area contributed by atoms with E-state index in [0.717, 1.165) is 11.3 Å². The molecule has 4 rings (SSSR count). The van der Waals surface area contributed by atoms with E-state index in [-0.39, 0.29) is 29.2 Å². The van der Waals surface area contributed by atoms with Crippen LogP contribution in [0.5, 0.6) is 17.2 Å². The number of benzene rings is 2. The number of rotatable bonds is 6. The maximum Gasteiger partial charge on any atom is 0.338 e. The molecule has 11 heteroatoms. The number of allylic oxidation sites excluding steroid dienone is 1. The number of ether oxygens (including phenoxy) is 3. The first-order chi connectivity index (χ1) is 17.2. The van der Waals surface area contributed by atoms with Gasteiger partial charge in [-0.25, -0.2) is 9.79 Å². The van der Waals surface area contributed by atoms with Gasteiger partial charge in [0.05, 0.1) is 47.1 Å². The highest BCUT2D eigenvalue weighted by atomic mass is 79.9. The number of aromatic hydroxyl groups is 1. The molecule has 0 aliphatic carbocycles. The van der Waals surface area contributed by atoms with Gasteiger partial charge in [-0.05, 0) is 65.7 Å². The van der Waals surface area contributed by atoms with E-state index in [9.17, 15) is 14.7 Å². The number of thiazole rings is 1. The number of hydrogen-bond donors (Lipinski definition) is 1. The summed E-state index contributed by atoms with van der Waals surface area (Å²) < 4.78 is 19.1. The summed E-state index contributed by atoms with van der Waals surface area (Å²) in [5, 5.41) is 10.6. The van der Waals surface area contributed by atoms with E-state index in [1.54, 1.807) is 51.3 Å². The summed E-state index contributed by atoms with van der Waals surface area (Å²) in [6.45, 7) is 3.63. The van der Waals surface area contributed by atoms with E-state index in [0.29, 0.717) is 40.9 Å². The molecule has 0 radical (unpaired) electrons. The van der Waals surface area contributed by atoms with Crippen molar-refractivity contribution >= 4 is 55.2 Å². The molecule has 188 valence electrons. The van der Waals surface area contributed by atoms with Crippen molar-refractivity contribution in [3.05, 3.63) is 81.4 Å². The summed E-state index contributed by atoms with van der Waals surface area (Å²) in [6.07, 6.45) is 1.58. The van der Waals surface area contributed by atoms with Crippen LogP contribution in [0.1, 0.15) is 31.0 Å². The number of aromatic nitrogens is 1. The number of carbonyl (C=O) groups excluding carboxylic acids is 1. The van der Waals surface area contributed by atoms with Crippen LogP contribution in [0.3, 0.4) is 0 Å². The summed E-state index contributed by atoms with van der Waals surface area (Å²) >= 11 is 8.06. The Morgan fingerprint density at radius 3 is 2.56 bits per heavy atom. The first-order valence-corrected chi connectivity index (χ1v) is 13.2. The van der Waals surface area contributed by atoms with Crippen molar-refractivity contribution < 1.29 is 24.1 Å². The molecule has 0 bridgehead atoms. The molecule has 0 spiro atoms. The molecule has 2 heterocycles. The number of carbonyl (C=O) groups is 1. The van der Waals surface area contributed by atoms with Gasteiger partial charge in [-0.3, -0.25) is 9.36 Å². The SMILES string of the molecule is CCOC(=O)C1=C(C)N=c2s/c(=C/c3cc(Br)cc(OC)c3O)c(=O)n2[C@@H]1c1ccc(OC)c(Br)c1. The zero-order valence-corrected chi connectivity index (χ0v) is 23.8. The highest BCUT2D eigenvalue weighted by Crippen LogP contribution is 2.36. The van der Waals surface area contributed by atoms with E-state index in [4.69, 9.17) is 14.2 Å². The largest absolute Gasteiger partial charge is 0.504 e. The Balaban J connectivity index is 1.99. The van der Waals surface area contributed by atoms with E-state index < -0.39 is 12.0 Å². The maximum absolute atomic E-state index is 13.7. The van der Waals surface area contributed by atoms with Crippen molar-refractivity contribution in [2.75, 3.05) is 20.8 Å². The highest BCUT2D eigenvalue weighted by molar-refractivity contribution is 9.10. The molecule has 8 nitrogen and oxygen atoms in total. The molecule has 2 aromatic carbocycles. The predicted molar refractivity (Wildman–Crippen MR) is 143 cm³/mol. The van der Waals surface area contributed by atoms with Crippen LogP contribution in [0.4, 0.5) is 0 Å². The van der Waals surface area contributed by atoms with Crippen molar-refractivity contribution in [1.82, 2.24) is 4.57 Å². The molecule has 36 heavy (non-hydrogen) atoms. The van der Waals surface area contributed by atoms with Crippen LogP contribution in [0, 0.1) is 0 Å². The normalized spacial score (nSPS) is 15.4. The van der Waals surface area contributed by atoms with Gasteiger partial charge >= 0.3 is 5.97 Å². The Kier molecular flexibility index (Phi) is 7.72. The third kappa shape index (κ3) is 4.74. The third-order valence-electron chi connectivity index (χ3n) is 5.58. The third-order valence-corrected chi connectivity index (χ3v) is 7.64. The first kappa shape index (κ1) is 26.2. The van der Waals surface area contributed by atoms with Gasteiger partial charge < -0.3 is 19.3 Å². The summed E-state index contributed by atoms with van der Waals surface area (Å²) in [5.41, 5.74) is 1.46. The Hall–Kier alpha value is -2.89. The molecule has 0 unspecified atom stereocenters. The Labute approximate surface area is 227 Å². The predicted octanol–water partition coefficient (Wildman–Crippen LogP) is 4.05. The van der Waals surface area contributed by atoms with Gasteiger partial charge in [-0.1, -0.05) is 33.3 Å². The second kappa shape index (κ2) is 10.6. The summed E-state index contributed by atoms with van der Waals surface area (Å²) in [6, 6.07) is 7.92. The number of methoxy groups -OCH3 is 2.